The molecule has 5 aromatic carbocycles. The summed E-state index contributed by atoms with van der Waals surface area (Å²) in [7, 11) is 0. The van der Waals surface area contributed by atoms with Crippen LogP contribution in [0.1, 0.15) is 171 Å². The van der Waals surface area contributed by atoms with Gasteiger partial charge in [-0.15, -0.1) is 22.7 Å². The Bertz CT molecular complexity index is 2470. The number of nitrogens with zero attached hydrogens (tertiary/aromatic N) is 2. The van der Waals surface area contributed by atoms with Crippen LogP contribution in [0.5, 0.6) is 17.2 Å². The molecule has 2 aromatic heterocycles. The second kappa shape index (κ2) is 26.8. The van der Waals surface area contributed by atoms with Gasteiger partial charge in [0.2, 0.25) is 0 Å². The number of para-hydroxylation sites is 3. The monoisotopic (exact) mass is 1000 g/mol. The van der Waals surface area contributed by atoms with Gasteiger partial charge in [0, 0.05) is 19.3 Å². The van der Waals surface area contributed by atoms with Crippen molar-refractivity contribution in [1.82, 2.24) is 9.97 Å². The van der Waals surface area contributed by atoms with Crippen LogP contribution < -0.4 is 14.2 Å². The van der Waals surface area contributed by atoms with E-state index in [1.807, 2.05) is 48.0 Å². The van der Waals surface area contributed by atoms with E-state index in [1.165, 1.54) is 37.2 Å². The van der Waals surface area contributed by atoms with E-state index in [-0.39, 0.29) is 10.8 Å². The summed E-state index contributed by atoms with van der Waals surface area (Å²) in [4.78, 5) is 8.82. The van der Waals surface area contributed by atoms with E-state index in [0.29, 0.717) is 28.5 Å². The Kier molecular flexibility index (Phi) is 22.9. The summed E-state index contributed by atoms with van der Waals surface area (Å²) >= 11 is 3.46. The van der Waals surface area contributed by atoms with Gasteiger partial charge in [0.15, 0.2) is 0 Å². The quantitative estimate of drug-likeness (QED) is 0.152. The maximum Gasteiger partial charge on any atom is 0.123 e. The van der Waals surface area contributed by atoms with E-state index in [0.717, 1.165) is 59.2 Å². The van der Waals surface area contributed by atoms with Crippen molar-refractivity contribution in [3.05, 3.63) is 148 Å². The highest BCUT2D eigenvalue weighted by Crippen LogP contribution is 2.31. The molecule has 2 atom stereocenters. The number of aromatic nitrogens is 2. The van der Waals surface area contributed by atoms with Gasteiger partial charge in [-0.1, -0.05) is 191 Å². The smallest absolute Gasteiger partial charge is 0.123 e. The Hall–Kier alpha value is -4.72. The lowest BCUT2D eigenvalue weighted by Crippen LogP contribution is -2.10. The van der Waals surface area contributed by atoms with Crippen LogP contribution >= 0.6 is 22.7 Å². The molecule has 5 nitrogen and oxygen atoms in total. The SMILES string of the molecule is CC(C)(C)C.CC(C)(C)C.CC(C)(C)C.CC(C)(C)c1ccc2scnc2c1.C[C@@H]1Cc2ccccc2O1.C[C@H]1Cc2ccccc2O1.Cc1nc2cc(C(C)(C)C)ccc2s1.c1ccc2c(c1)CCO2. The van der Waals surface area contributed by atoms with Crippen LogP contribution in [0.15, 0.2) is 115 Å². The van der Waals surface area contributed by atoms with Crippen molar-refractivity contribution >= 4 is 43.1 Å². The van der Waals surface area contributed by atoms with Crippen molar-refractivity contribution in [2.45, 2.75) is 188 Å². The van der Waals surface area contributed by atoms with E-state index >= 15 is 0 Å². The fourth-order valence-corrected chi connectivity index (χ4v) is 8.13. The second-order valence-corrected chi connectivity index (χ2v) is 27.8. The third-order valence-electron chi connectivity index (χ3n) is 9.77. The Morgan fingerprint density at radius 1 is 0.479 bits per heavy atom. The van der Waals surface area contributed by atoms with E-state index < -0.39 is 0 Å². The fraction of sp³-hybridized carbons (Fsp3) is 0.500. The van der Waals surface area contributed by atoms with Crippen molar-refractivity contribution in [2.75, 3.05) is 6.61 Å². The zero-order valence-corrected chi connectivity index (χ0v) is 49.5. The lowest BCUT2D eigenvalue weighted by molar-refractivity contribution is 0.254. The lowest BCUT2D eigenvalue weighted by Gasteiger charge is -2.18. The molecule has 5 heterocycles. The van der Waals surface area contributed by atoms with Gasteiger partial charge in [-0.2, -0.15) is 0 Å². The molecule has 0 unspecified atom stereocenters. The van der Waals surface area contributed by atoms with Crippen LogP contribution in [-0.4, -0.2) is 28.8 Å². The van der Waals surface area contributed by atoms with Gasteiger partial charge in [-0.25, -0.2) is 9.97 Å². The van der Waals surface area contributed by atoms with Crippen LogP contribution in [0.25, 0.3) is 20.4 Å². The first-order valence-corrected chi connectivity index (χ1v) is 27.3. The zero-order chi connectivity index (χ0) is 53.4. The number of benzene rings is 5. The Morgan fingerprint density at radius 2 is 0.873 bits per heavy atom. The minimum atomic E-state index is 0.214. The van der Waals surface area contributed by atoms with E-state index in [4.69, 9.17) is 14.2 Å². The summed E-state index contributed by atoms with van der Waals surface area (Å²) in [6, 6.07) is 37.8. The molecule has 0 radical (unpaired) electrons. The summed E-state index contributed by atoms with van der Waals surface area (Å²) in [6.07, 6.45) is 3.96. The molecule has 0 aliphatic carbocycles. The van der Waals surface area contributed by atoms with E-state index in [1.54, 1.807) is 22.7 Å². The molecule has 10 rings (SSSR count). The molecular weight excluding hydrogens is 909 g/mol. The van der Waals surface area contributed by atoms with Crippen molar-refractivity contribution in [3.8, 4) is 17.2 Å². The molecule has 3 aliphatic rings. The number of rotatable bonds is 0. The van der Waals surface area contributed by atoms with Gasteiger partial charge in [-0.05, 0) is 118 Å². The van der Waals surface area contributed by atoms with Crippen LogP contribution in [0.2, 0.25) is 0 Å². The average Bonchev–Trinajstić information content (AvgIpc) is 4.08. The maximum absolute atomic E-state index is 5.51. The highest BCUT2D eigenvalue weighted by Gasteiger charge is 2.19. The largest absolute Gasteiger partial charge is 0.493 e. The summed E-state index contributed by atoms with van der Waals surface area (Å²) in [5.74, 6) is 3.20. The van der Waals surface area contributed by atoms with Crippen LogP contribution in [0.3, 0.4) is 0 Å². The standard InChI is InChI=1S/C12H15NS.C11H13NS.2C9H10O.C8H8O.3C5H12/c1-8-13-10-7-9(12(2,3)4)5-6-11(10)14-8;1-11(2,3)8-4-5-10-9(6-8)12-7-13-10;2*1-7-6-8-4-2-3-5-9(8)10-7;1-2-4-8-7(3-1)5-6-9-8;3*1-5(2,3)4/h5-7H,1-4H3;4-7H,1-3H3;2*2-5,7H,6H2,1H3;1-4H,5-6H2;3*1-4H3/t;;2*7-;;;;/m..10..../s1. The number of thiazole rings is 2. The molecule has 7 aromatic rings. The maximum atomic E-state index is 5.51. The predicted molar refractivity (Wildman–Crippen MR) is 313 cm³/mol. The number of ether oxygens (including phenoxy) is 3. The minimum absolute atomic E-state index is 0.214. The molecule has 0 N–H and O–H groups in total. The zero-order valence-electron chi connectivity index (χ0n) is 47.9. The number of aryl methyl sites for hydroxylation is 1. The molecule has 7 heteroatoms. The number of fused-ring (bicyclic) bond motifs is 5. The van der Waals surface area contributed by atoms with Crippen molar-refractivity contribution < 1.29 is 14.2 Å². The highest BCUT2D eigenvalue weighted by molar-refractivity contribution is 7.18. The Morgan fingerprint density at radius 3 is 1.30 bits per heavy atom. The molecule has 0 bridgehead atoms. The second-order valence-electron chi connectivity index (χ2n) is 25.6. The van der Waals surface area contributed by atoms with Gasteiger partial charge in [0.1, 0.15) is 29.5 Å². The Balaban J connectivity index is 0.000000221. The first kappa shape index (κ1) is 60.6. The van der Waals surface area contributed by atoms with E-state index in [2.05, 4.69) is 222 Å². The van der Waals surface area contributed by atoms with Gasteiger partial charge < -0.3 is 14.2 Å². The van der Waals surface area contributed by atoms with Gasteiger partial charge in [0.25, 0.3) is 0 Å². The molecule has 0 amide bonds. The molecule has 71 heavy (non-hydrogen) atoms. The van der Waals surface area contributed by atoms with E-state index in [9.17, 15) is 0 Å². The first-order chi connectivity index (χ1) is 32.7. The summed E-state index contributed by atoms with van der Waals surface area (Å²) in [5.41, 5.74) is 12.8. The van der Waals surface area contributed by atoms with Crippen molar-refractivity contribution in [1.29, 1.82) is 0 Å². The molecule has 0 saturated heterocycles. The molecule has 0 saturated carbocycles. The summed E-state index contributed by atoms with van der Waals surface area (Å²) in [6.45, 7) is 46.7. The molecule has 388 valence electrons. The van der Waals surface area contributed by atoms with Gasteiger partial charge >= 0.3 is 0 Å². The number of hydrogen-bond donors (Lipinski definition) is 0. The fourth-order valence-electron chi connectivity index (χ4n) is 6.67. The third-order valence-corrected chi connectivity index (χ3v) is 11.5. The third kappa shape index (κ3) is 25.0. The summed E-state index contributed by atoms with van der Waals surface area (Å²) < 4.78 is 18.9. The molecule has 0 spiro atoms. The topological polar surface area (TPSA) is 53.5 Å². The molecule has 0 fully saturated rings. The first-order valence-electron chi connectivity index (χ1n) is 25.6. The Labute approximate surface area is 440 Å². The predicted octanol–water partition coefficient (Wildman–Crippen LogP) is 19.3. The van der Waals surface area contributed by atoms with Gasteiger partial charge in [0.05, 0.1) is 37.6 Å². The number of hydrogen-bond acceptors (Lipinski definition) is 7. The average molecular weight is 1000 g/mol. The van der Waals surface area contributed by atoms with Crippen molar-refractivity contribution in [2.24, 2.45) is 16.2 Å². The molecular formula is C64H92N2O3S2. The molecule has 3 aliphatic heterocycles. The summed E-state index contributed by atoms with van der Waals surface area (Å²) in [5, 5.41) is 1.14. The van der Waals surface area contributed by atoms with Gasteiger partial charge in [-0.3, -0.25) is 0 Å². The normalized spacial score (nSPS) is 15.2. The lowest BCUT2D eigenvalue weighted by atomic mass is 9.87. The van der Waals surface area contributed by atoms with Crippen LogP contribution in [0.4, 0.5) is 0 Å². The van der Waals surface area contributed by atoms with Crippen molar-refractivity contribution in [3.63, 3.8) is 0 Å². The van der Waals surface area contributed by atoms with Crippen LogP contribution in [-0.2, 0) is 30.1 Å². The highest BCUT2D eigenvalue weighted by atomic mass is 32.1. The minimum Gasteiger partial charge on any atom is -0.493 e. The van der Waals surface area contributed by atoms with Crippen LogP contribution in [0, 0.1) is 23.2 Å².